The van der Waals surface area contributed by atoms with Gasteiger partial charge in [-0.2, -0.15) is 0 Å². The van der Waals surface area contributed by atoms with E-state index in [1.807, 2.05) is 0 Å². The Hall–Kier alpha value is -1.40. The molecule has 3 rings (SSSR count). The molecule has 0 aromatic rings. The fourth-order valence-corrected chi connectivity index (χ4v) is 6.03. The smallest absolute Gasteiger partial charge is 0.335 e. The molecule has 158 valence electrons. The fraction of sp³-hybridized carbons (Fsp3) is 0.818. The van der Waals surface area contributed by atoms with Crippen LogP contribution in [0, 0.1) is 28.6 Å². The first-order valence-electron chi connectivity index (χ1n) is 10.4. The van der Waals surface area contributed by atoms with Gasteiger partial charge in [0, 0.05) is 12.5 Å². The van der Waals surface area contributed by atoms with Gasteiger partial charge in [-0.15, -0.1) is 0 Å². The maximum absolute atomic E-state index is 12.3. The molecule has 0 bridgehead atoms. The molecule has 2 aliphatic carbocycles. The number of hydrogen-bond donors (Lipinski definition) is 1. The SMILES string of the molecule is C=C1CC[C@H]2[C@](C)(CO)CCC[C@]2(C)[C@H]1CO[C@@H](C(=O)OC)[C@@H]1CCOC1=O. The van der Waals surface area contributed by atoms with Crippen molar-refractivity contribution in [3.05, 3.63) is 12.2 Å². The van der Waals surface area contributed by atoms with Gasteiger partial charge in [0.2, 0.25) is 0 Å². The fourth-order valence-electron chi connectivity index (χ4n) is 6.03. The Morgan fingerprint density at radius 3 is 2.71 bits per heavy atom. The van der Waals surface area contributed by atoms with E-state index in [1.165, 1.54) is 7.11 Å². The van der Waals surface area contributed by atoms with Gasteiger partial charge in [0.15, 0.2) is 6.10 Å². The van der Waals surface area contributed by atoms with Gasteiger partial charge in [0.25, 0.3) is 0 Å². The highest BCUT2D eigenvalue weighted by Crippen LogP contribution is 2.60. The van der Waals surface area contributed by atoms with Gasteiger partial charge in [0.05, 0.1) is 26.2 Å². The van der Waals surface area contributed by atoms with Crippen LogP contribution in [0.15, 0.2) is 12.2 Å². The van der Waals surface area contributed by atoms with Crippen molar-refractivity contribution in [3.63, 3.8) is 0 Å². The molecule has 0 aromatic carbocycles. The molecule has 0 amide bonds. The number of carbonyl (C=O) groups excluding carboxylic acids is 2. The molecular weight excluding hydrogens is 360 g/mol. The third-order valence-corrected chi connectivity index (χ3v) is 7.72. The van der Waals surface area contributed by atoms with E-state index in [-0.39, 0.29) is 23.4 Å². The summed E-state index contributed by atoms with van der Waals surface area (Å²) in [7, 11) is 1.31. The van der Waals surface area contributed by atoms with E-state index >= 15 is 0 Å². The third kappa shape index (κ3) is 3.61. The lowest BCUT2D eigenvalue weighted by atomic mass is 9.47. The minimum Gasteiger partial charge on any atom is -0.467 e. The standard InChI is InChI=1S/C22H34O6/c1-14-6-7-17-21(2,13-23)9-5-10-22(17,3)16(14)12-28-18(20(25)26-4)15-8-11-27-19(15)24/h15-18,23H,1,5-13H2,2-4H3/t15-,16-,17-,18+,21-,22+/m0/s1. The summed E-state index contributed by atoms with van der Waals surface area (Å²) < 4.78 is 16.0. The zero-order chi connectivity index (χ0) is 20.5. The molecule has 2 saturated carbocycles. The molecule has 28 heavy (non-hydrogen) atoms. The second-order valence-electron chi connectivity index (χ2n) is 9.31. The molecule has 3 aliphatic rings. The molecule has 1 saturated heterocycles. The van der Waals surface area contributed by atoms with E-state index in [0.717, 1.165) is 37.7 Å². The van der Waals surface area contributed by atoms with Gasteiger partial charge < -0.3 is 19.3 Å². The summed E-state index contributed by atoms with van der Waals surface area (Å²) in [6, 6.07) is 0. The number of carbonyl (C=O) groups is 2. The Morgan fingerprint density at radius 2 is 2.11 bits per heavy atom. The number of fused-ring (bicyclic) bond motifs is 1. The first kappa shape index (κ1) is 21.3. The second kappa shape index (κ2) is 8.15. The number of aliphatic hydroxyl groups excluding tert-OH is 1. The Morgan fingerprint density at radius 1 is 1.36 bits per heavy atom. The molecule has 3 fully saturated rings. The number of aliphatic hydroxyl groups is 1. The largest absolute Gasteiger partial charge is 0.467 e. The number of rotatable bonds is 6. The van der Waals surface area contributed by atoms with Crippen molar-refractivity contribution >= 4 is 11.9 Å². The quantitative estimate of drug-likeness (QED) is 0.551. The summed E-state index contributed by atoms with van der Waals surface area (Å²) in [5.74, 6) is -1.07. The highest BCUT2D eigenvalue weighted by Gasteiger charge is 2.54. The van der Waals surface area contributed by atoms with Crippen molar-refractivity contribution in [1.82, 2.24) is 0 Å². The number of esters is 2. The highest BCUT2D eigenvalue weighted by molar-refractivity contribution is 5.84. The summed E-state index contributed by atoms with van der Waals surface area (Å²) in [5, 5.41) is 10.1. The predicted octanol–water partition coefficient (Wildman–Crippen LogP) is 2.88. The van der Waals surface area contributed by atoms with Crippen molar-refractivity contribution in [2.45, 2.75) is 58.5 Å². The maximum atomic E-state index is 12.3. The summed E-state index contributed by atoms with van der Waals surface area (Å²) in [4.78, 5) is 24.3. The Balaban J connectivity index is 1.79. The third-order valence-electron chi connectivity index (χ3n) is 7.72. The predicted molar refractivity (Wildman–Crippen MR) is 103 cm³/mol. The summed E-state index contributed by atoms with van der Waals surface area (Å²) in [6.45, 7) is 9.60. The average molecular weight is 395 g/mol. The molecule has 1 heterocycles. The zero-order valence-corrected chi connectivity index (χ0v) is 17.4. The van der Waals surface area contributed by atoms with Crippen LogP contribution < -0.4 is 0 Å². The molecule has 0 radical (unpaired) electrons. The minimum atomic E-state index is -0.940. The van der Waals surface area contributed by atoms with E-state index in [0.29, 0.717) is 25.6 Å². The van der Waals surface area contributed by atoms with Crippen LogP contribution in [0.5, 0.6) is 0 Å². The van der Waals surface area contributed by atoms with Gasteiger partial charge in [-0.05, 0) is 48.9 Å². The van der Waals surface area contributed by atoms with Crippen molar-refractivity contribution in [1.29, 1.82) is 0 Å². The zero-order valence-electron chi connectivity index (χ0n) is 17.4. The van der Waals surface area contributed by atoms with Gasteiger partial charge in [-0.1, -0.05) is 32.4 Å². The number of methoxy groups -OCH3 is 1. The van der Waals surface area contributed by atoms with Crippen molar-refractivity contribution in [2.24, 2.45) is 28.6 Å². The van der Waals surface area contributed by atoms with Crippen LogP contribution in [0.2, 0.25) is 0 Å². The molecule has 1 aliphatic heterocycles. The van der Waals surface area contributed by atoms with Crippen molar-refractivity contribution < 1.29 is 28.9 Å². The normalized spacial score (nSPS) is 39.2. The Kier molecular flexibility index (Phi) is 6.20. The molecule has 6 atom stereocenters. The maximum Gasteiger partial charge on any atom is 0.335 e. The van der Waals surface area contributed by atoms with Crippen LogP contribution >= 0.6 is 0 Å². The van der Waals surface area contributed by atoms with E-state index < -0.39 is 24.0 Å². The molecule has 6 nitrogen and oxygen atoms in total. The highest BCUT2D eigenvalue weighted by atomic mass is 16.6. The summed E-state index contributed by atoms with van der Waals surface area (Å²) in [5.41, 5.74) is 1.00. The van der Waals surface area contributed by atoms with E-state index in [1.54, 1.807) is 0 Å². The molecule has 0 unspecified atom stereocenters. The number of ether oxygens (including phenoxy) is 3. The first-order valence-corrected chi connectivity index (χ1v) is 10.4. The average Bonchev–Trinajstić information content (AvgIpc) is 3.09. The van der Waals surface area contributed by atoms with Crippen LogP contribution in [-0.2, 0) is 23.8 Å². The number of cyclic esters (lactones) is 1. The van der Waals surface area contributed by atoms with E-state index in [9.17, 15) is 14.7 Å². The second-order valence-corrected chi connectivity index (χ2v) is 9.31. The minimum absolute atomic E-state index is 0.0398. The lowest BCUT2D eigenvalue weighted by Crippen LogP contribution is -2.53. The Labute approximate surface area is 167 Å². The molecule has 0 aromatic heterocycles. The molecular formula is C22H34O6. The lowest BCUT2D eigenvalue weighted by Gasteiger charge is -2.58. The van der Waals surface area contributed by atoms with Gasteiger partial charge in [-0.25, -0.2) is 4.79 Å². The monoisotopic (exact) mass is 394 g/mol. The van der Waals surface area contributed by atoms with Gasteiger partial charge >= 0.3 is 11.9 Å². The van der Waals surface area contributed by atoms with Crippen molar-refractivity contribution in [2.75, 3.05) is 26.9 Å². The topological polar surface area (TPSA) is 82.1 Å². The Bertz CT molecular complexity index is 631. The molecule has 6 heteroatoms. The van der Waals surface area contributed by atoms with E-state index in [4.69, 9.17) is 14.2 Å². The van der Waals surface area contributed by atoms with E-state index in [2.05, 4.69) is 20.4 Å². The van der Waals surface area contributed by atoms with Gasteiger partial charge in [-0.3, -0.25) is 4.79 Å². The first-order chi connectivity index (χ1) is 13.3. The van der Waals surface area contributed by atoms with Crippen LogP contribution in [0.1, 0.15) is 52.4 Å². The number of hydrogen-bond acceptors (Lipinski definition) is 6. The summed E-state index contributed by atoms with van der Waals surface area (Å²) in [6.07, 6.45) is 4.59. The van der Waals surface area contributed by atoms with Crippen LogP contribution in [0.3, 0.4) is 0 Å². The van der Waals surface area contributed by atoms with Crippen molar-refractivity contribution in [3.8, 4) is 0 Å². The van der Waals surface area contributed by atoms with Crippen LogP contribution in [-0.4, -0.2) is 50.1 Å². The van der Waals surface area contributed by atoms with Crippen LogP contribution in [0.25, 0.3) is 0 Å². The lowest BCUT2D eigenvalue weighted by molar-refractivity contribution is -0.168. The summed E-state index contributed by atoms with van der Waals surface area (Å²) >= 11 is 0. The molecule has 1 N–H and O–H groups in total. The van der Waals surface area contributed by atoms with Crippen LogP contribution in [0.4, 0.5) is 0 Å². The van der Waals surface area contributed by atoms with Gasteiger partial charge in [0.1, 0.15) is 0 Å². The molecule has 0 spiro atoms.